The van der Waals surface area contributed by atoms with Crippen LogP contribution >= 0.6 is 0 Å². The molecule has 8 aromatic carbocycles. The molecule has 498 valence electrons. The van der Waals surface area contributed by atoms with Gasteiger partial charge in [-0.2, -0.15) is 52.7 Å². The number of halogens is 12. The number of likely N-dealkylation sites (N-methyl/N-ethyl adjacent to an activating group) is 4. The lowest BCUT2D eigenvalue weighted by atomic mass is 9.48. The minimum atomic E-state index is -4.91. The van der Waals surface area contributed by atoms with Crippen molar-refractivity contribution in [2.75, 3.05) is 109 Å². The highest BCUT2D eigenvalue weighted by atomic mass is 19.4. The van der Waals surface area contributed by atoms with Crippen LogP contribution in [0.25, 0.3) is 22.3 Å². The average Bonchev–Trinajstić information content (AvgIpc) is 0.721. The highest BCUT2D eigenvalue weighted by Gasteiger charge is 2.53. The van der Waals surface area contributed by atoms with Crippen LogP contribution in [0.3, 0.4) is 0 Å². The summed E-state index contributed by atoms with van der Waals surface area (Å²) in [5.74, 6) is 0. The zero-order valence-electron chi connectivity index (χ0n) is 53.8. The maximum atomic E-state index is 15.1. The van der Waals surface area contributed by atoms with Gasteiger partial charge in [-0.15, -0.1) is 0 Å². The second kappa shape index (κ2) is 31.8. The molecule has 8 rings (SSSR count). The van der Waals surface area contributed by atoms with E-state index in [4.69, 9.17) is 23.4 Å². The Balaban J connectivity index is 1.61. The zero-order chi connectivity index (χ0) is 68.9. The van der Waals surface area contributed by atoms with Gasteiger partial charge in [0, 0.05) is 52.6 Å². The highest BCUT2D eigenvalue weighted by Crippen LogP contribution is 2.46. The highest BCUT2D eigenvalue weighted by molar-refractivity contribution is 6.81. The molecule has 2 radical (unpaired) electrons. The van der Waals surface area contributed by atoms with Gasteiger partial charge < -0.3 is 43.0 Å². The summed E-state index contributed by atoms with van der Waals surface area (Å²) in [6.45, 7) is -2.03. The van der Waals surface area contributed by atoms with Crippen LogP contribution in [0.1, 0.15) is 44.5 Å². The van der Waals surface area contributed by atoms with E-state index in [1.165, 1.54) is 63.5 Å². The Morgan fingerprint density at radius 1 is 0.316 bits per heavy atom. The van der Waals surface area contributed by atoms with Gasteiger partial charge in [0.25, 0.3) is 0 Å². The van der Waals surface area contributed by atoms with E-state index in [0.717, 1.165) is 48.5 Å². The summed E-state index contributed by atoms with van der Waals surface area (Å²) in [5.41, 5.74) is -6.00. The fourth-order valence-corrected chi connectivity index (χ4v) is 10.7. The van der Waals surface area contributed by atoms with Crippen molar-refractivity contribution < 1.29 is 76.0 Å². The molecule has 0 aliphatic heterocycles. The monoisotopic (exact) mass is 1320 g/mol. The molecule has 0 saturated heterocycles. The van der Waals surface area contributed by atoms with Crippen molar-refractivity contribution >= 4 is 50.6 Å². The second-order valence-electron chi connectivity index (χ2n) is 24.0. The quantitative estimate of drug-likeness (QED) is 0.0249. The first-order valence-corrected chi connectivity index (χ1v) is 30.4. The Labute approximate surface area is 549 Å². The van der Waals surface area contributed by atoms with Crippen molar-refractivity contribution in [2.45, 2.75) is 35.7 Å². The lowest BCUT2D eigenvalue weighted by Crippen LogP contribution is -2.58. The summed E-state index contributed by atoms with van der Waals surface area (Å²) in [6, 6.07) is 44.8. The van der Waals surface area contributed by atoms with E-state index in [1.807, 2.05) is 34.1 Å². The van der Waals surface area contributed by atoms with Gasteiger partial charge in [-0.25, -0.2) is 0 Å². The normalized spacial score (nSPS) is 13.7. The summed E-state index contributed by atoms with van der Waals surface area (Å²) < 4.78 is 213. The van der Waals surface area contributed by atoms with Crippen LogP contribution in [-0.2, 0) is 59.1 Å². The summed E-state index contributed by atoms with van der Waals surface area (Å²) in [7, 11) is 16.8. The average molecular weight is 1320 g/mol. The largest absolute Gasteiger partial charge is 0.435 e. The van der Waals surface area contributed by atoms with E-state index >= 15 is 26.3 Å². The Hall–Kier alpha value is -7.18. The van der Waals surface area contributed by atoms with Crippen LogP contribution in [0, 0.1) is 0 Å². The van der Waals surface area contributed by atoms with Gasteiger partial charge in [-0.05, 0) is 147 Å². The summed E-state index contributed by atoms with van der Waals surface area (Å²) in [6.07, 6.45) is -19.3. The molecule has 0 amide bonds. The molecule has 9 nitrogen and oxygen atoms in total. The number of rotatable bonds is 30. The van der Waals surface area contributed by atoms with Crippen molar-refractivity contribution in [3.05, 3.63) is 239 Å². The van der Waals surface area contributed by atoms with Crippen molar-refractivity contribution in [1.82, 2.24) is 19.6 Å². The molecule has 0 saturated carbocycles. The third kappa shape index (κ3) is 19.1. The van der Waals surface area contributed by atoms with Gasteiger partial charge in [0.1, 0.15) is 11.0 Å². The first-order chi connectivity index (χ1) is 44.9. The van der Waals surface area contributed by atoms with Gasteiger partial charge in [0.2, 0.25) is 0 Å². The van der Waals surface area contributed by atoms with Crippen LogP contribution in [0.5, 0.6) is 0 Å². The van der Waals surface area contributed by atoms with Crippen molar-refractivity contribution in [1.29, 1.82) is 0 Å². The number of nitrogens with zero attached hydrogens (tertiary/aromatic N) is 4. The van der Waals surface area contributed by atoms with Gasteiger partial charge in [-0.1, -0.05) is 170 Å². The molecule has 0 bridgehead atoms. The first-order valence-electron chi connectivity index (χ1n) is 30.4. The lowest BCUT2D eigenvalue weighted by Gasteiger charge is -2.46. The van der Waals surface area contributed by atoms with E-state index in [1.54, 1.807) is 139 Å². The Bertz CT molecular complexity index is 3460. The van der Waals surface area contributed by atoms with Crippen LogP contribution in [0.2, 0.25) is 0 Å². The fourth-order valence-electron chi connectivity index (χ4n) is 10.7. The summed E-state index contributed by atoms with van der Waals surface area (Å²) in [5, 5.41) is 0. The molecule has 8 aromatic rings. The molecule has 0 fully saturated rings. The van der Waals surface area contributed by atoms with Crippen molar-refractivity contribution in [3.63, 3.8) is 0 Å². The zero-order valence-corrected chi connectivity index (χ0v) is 53.8. The van der Waals surface area contributed by atoms with Gasteiger partial charge >= 0.3 is 53.5 Å². The van der Waals surface area contributed by atoms with Crippen LogP contribution < -0.4 is 21.9 Å². The van der Waals surface area contributed by atoms with Crippen LogP contribution in [-0.4, -0.2) is 157 Å². The first kappa shape index (κ1) is 73.6. The molecule has 0 aliphatic carbocycles. The smallest absolute Gasteiger partial charge is 0.416 e. The molecule has 95 heavy (non-hydrogen) atoms. The number of ether oxygens (including phenoxy) is 1. The number of benzene rings is 8. The standard InChI is InChI=1S/C70H72B4F12N4O5/c1-87(2)39-43-91-71-65(53-21-25-55(26-22-53)67(75,76)77,61-37-19-51(49-15-11-9-12-16-49)47-63(61)73(93-45-41-89(5)6)59-33-29-57(30-34-59)69(81,82)83)95-66(72-92-44-40-88(3)4,54-23-27-56(28-24-54)68(78,79)80)62-38-20-52(50-17-13-10-14-18-50)48-64(62)74(94-46-42-90(7)8)60-35-31-58(32-36-60)70(84,85)86/h9-38,47-48H,39-46H2,1-8H3. The Morgan fingerprint density at radius 3 is 0.874 bits per heavy atom. The number of hydrogen-bond donors (Lipinski definition) is 0. The molecular weight excluding hydrogens is 1250 g/mol. The predicted octanol–water partition coefficient (Wildman–Crippen LogP) is 12.0. The second-order valence-corrected chi connectivity index (χ2v) is 24.0. The molecule has 0 heterocycles. The van der Waals surface area contributed by atoms with Gasteiger partial charge in [-0.3, -0.25) is 0 Å². The van der Waals surface area contributed by atoms with Gasteiger partial charge in [0.05, 0.1) is 22.3 Å². The SMILES string of the molecule is CN(C)CCO[B]C(OC([B]OCCN(C)C)(c1ccc(C(F)(F)F)cc1)c1ccc(-c2ccccc2)cc1B(OCCN(C)C)c1ccc(C(F)(F)F)cc1)(c1ccc(C(F)(F)F)cc1)c1ccc(-c2ccccc2)cc1B(OCCN(C)C)c1ccc(C(F)(F)F)cc1. The molecule has 25 heteroatoms. The third-order valence-corrected chi connectivity index (χ3v) is 15.8. The van der Waals surface area contributed by atoms with Crippen LogP contribution in [0.4, 0.5) is 52.7 Å². The Kier molecular flexibility index (Phi) is 24.6. The van der Waals surface area contributed by atoms with Crippen molar-refractivity contribution in [3.8, 4) is 22.3 Å². The van der Waals surface area contributed by atoms with Crippen molar-refractivity contribution in [2.24, 2.45) is 0 Å². The number of hydrogen-bond acceptors (Lipinski definition) is 9. The molecule has 0 aromatic heterocycles. The number of alkyl halides is 12. The van der Waals surface area contributed by atoms with E-state index in [2.05, 4.69) is 0 Å². The minimum Gasteiger partial charge on any atom is -0.435 e. The molecule has 0 spiro atoms. The lowest BCUT2D eigenvalue weighted by molar-refractivity contribution is -0.138. The molecule has 2 atom stereocenters. The molecular formula is C70H72B4F12N4O5. The molecule has 0 aliphatic rings. The summed E-state index contributed by atoms with van der Waals surface area (Å²) in [4.78, 5) is 7.23. The van der Waals surface area contributed by atoms with E-state index in [0.29, 0.717) is 22.3 Å². The maximum Gasteiger partial charge on any atom is 0.416 e. The third-order valence-electron chi connectivity index (χ3n) is 15.8. The van der Waals surface area contributed by atoms with E-state index < -0.39 is 71.8 Å². The molecule has 2 unspecified atom stereocenters. The summed E-state index contributed by atoms with van der Waals surface area (Å²) >= 11 is 0. The minimum absolute atomic E-state index is 0.0514. The van der Waals surface area contributed by atoms with E-state index in [9.17, 15) is 26.3 Å². The molecule has 0 N–H and O–H groups in total. The maximum absolute atomic E-state index is 15.1. The van der Waals surface area contributed by atoms with E-state index in [-0.39, 0.29) is 96.7 Å². The topological polar surface area (TPSA) is 59.1 Å². The predicted molar refractivity (Wildman–Crippen MR) is 352 cm³/mol. The van der Waals surface area contributed by atoms with Gasteiger partial charge in [0.15, 0.2) is 0 Å². The fraction of sp³-hybridized carbons (Fsp3) is 0.314. The Morgan fingerprint density at radius 2 is 0.589 bits per heavy atom. The van der Waals surface area contributed by atoms with Crippen LogP contribution in [0.15, 0.2) is 194 Å².